The Morgan fingerprint density at radius 3 is 3.12 bits per heavy atom. The van der Waals surface area contributed by atoms with Gasteiger partial charge in [0.2, 0.25) is 5.91 Å². The number of hydrogen-bond acceptors (Lipinski definition) is 5. The normalized spacial score (nSPS) is 24.1. The van der Waals surface area contributed by atoms with Crippen molar-refractivity contribution in [2.24, 2.45) is 5.84 Å². The van der Waals surface area contributed by atoms with Crippen LogP contribution in [-0.2, 0) is 9.53 Å². The first kappa shape index (κ1) is 13.4. The summed E-state index contributed by atoms with van der Waals surface area (Å²) in [6, 6.07) is 0.294. The molecule has 0 radical (unpaired) electrons. The van der Waals surface area contributed by atoms with Gasteiger partial charge in [0.05, 0.1) is 25.9 Å². The van der Waals surface area contributed by atoms with Gasteiger partial charge in [-0.15, -0.1) is 0 Å². The van der Waals surface area contributed by atoms with E-state index in [-0.39, 0.29) is 24.6 Å². The summed E-state index contributed by atoms with van der Waals surface area (Å²) < 4.78 is 5.30. The zero-order chi connectivity index (χ0) is 12.0. The SMILES string of the molecule is CC(CCC(=O)NN)N1CCOCC1CO. The molecule has 0 aliphatic carbocycles. The van der Waals surface area contributed by atoms with E-state index >= 15 is 0 Å². The quantitative estimate of drug-likeness (QED) is 0.315. The summed E-state index contributed by atoms with van der Waals surface area (Å²) in [4.78, 5) is 13.2. The molecule has 1 rings (SSSR count). The molecular weight excluding hydrogens is 210 g/mol. The van der Waals surface area contributed by atoms with Gasteiger partial charge < -0.3 is 9.84 Å². The first-order valence-corrected chi connectivity index (χ1v) is 5.62. The van der Waals surface area contributed by atoms with E-state index < -0.39 is 0 Å². The second kappa shape index (κ2) is 6.80. The van der Waals surface area contributed by atoms with Gasteiger partial charge in [0.1, 0.15) is 0 Å². The lowest BCUT2D eigenvalue weighted by Gasteiger charge is -2.38. The average Bonchev–Trinajstić information content (AvgIpc) is 2.35. The van der Waals surface area contributed by atoms with Gasteiger partial charge >= 0.3 is 0 Å². The molecule has 6 nitrogen and oxygen atoms in total. The Balaban J connectivity index is 2.38. The van der Waals surface area contributed by atoms with Crippen molar-refractivity contribution in [1.29, 1.82) is 0 Å². The number of aliphatic hydroxyl groups is 1. The monoisotopic (exact) mass is 231 g/mol. The summed E-state index contributed by atoms with van der Waals surface area (Å²) in [6.45, 7) is 4.19. The Morgan fingerprint density at radius 1 is 1.75 bits per heavy atom. The maximum atomic E-state index is 11.0. The lowest BCUT2D eigenvalue weighted by atomic mass is 10.1. The van der Waals surface area contributed by atoms with Crippen LogP contribution < -0.4 is 11.3 Å². The summed E-state index contributed by atoms with van der Waals surface area (Å²) in [5.41, 5.74) is 2.12. The van der Waals surface area contributed by atoms with Crippen molar-refractivity contribution in [3.8, 4) is 0 Å². The number of hydrazine groups is 1. The first-order chi connectivity index (χ1) is 7.69. The van der Waals surface area contributed by atoms with E-state index in [2.05, 4.69) is 17.2 Å². The fourth-order valence-electron chi connectivity index (χ4n) is 1.98. The van der Waals surface area contributed by atoms with E-state index in [9.17, 15) is 9.90 Å². The number of carbonyl (C=O) groups excluding carboxylic acids is 1. The molecule has 0 bridgehead atoms. The van der Waals surface area contributed by atoms with Crippen LogP contribution in [0.2, 0.25) is 0 Å². The number of hydrogen-bond donors (Lipinski definition) is 3. The second-order valence-electron chi connectivity index (χ2n) is 4.10. The number of ether oxygens (including phenoxy) is 1. The van der Waals surface area contributed by atoms with Crippen LogP contribution in [-0.4, -0.2) is 54.4 Å². The standard InChI is InChI=1S/C10H21N3O3/c1-8(2-3-10(15)12-11)13-4-5-16-7-9(13)6-14/h8-9,14H,2-7,11H2,1H3,(H,12,15). The predicted molar refractivity (Wildman–Crippen MR) is 59.4 cm³/mol. The Kier molecular flexibility index (Phi) is 5.68. The van der Waals surface area contributed by atoms with Gasteiger partial charge in [-0.2, -0.15) is 0 Å². The van der Waals surface area contributed by atoms with E-state index in [1.807, 2.05) is 0 Å². The number of nitrogens with zero attached hydrogens (tertiary/aromatic N) is 1. The minimum atomic E-state index is -0.152. The molecular formula is C10H21N3O3. The molecule has 1 aliphatic heterocycles. The molecule has 2 unspecified atom stereocenters. The number of rotatable bonds is 5. The predicted octanol–water partition coefficient (Wildman–Crippen LogP) is -1.16. The molecule has 1 amide bonds. The van der Waals surface area contributed by atoms with E-state index in [1.54, 1.807) is 0 Å². The van der Waals surface area contributed by atoms with E-state index in [0.29, 0.717) is 19.6 Å². The molecule has 1 fully saturated rings. The van der Waals surface area contributed by atoms with Crippen LogP contribution in [0.4, 0.5) is 0 Å². The van der Waals surface area contributed by atoms with Crippen LogP contribution in [0.15, 0.2) is 0 Å². The van der Waals surface area contributed by atoms with Gasteiger partial charge in [-0.25, -0.2) is 5.84 Å². The highest BCUT2D eigenvalue weighted by molar-refractivity contribution is 5.75. The molecule has 0 aromatic carbocycles. The Hall–Kier alpha value is -0.690. The van der Waals surface area contributed by atoms with Gasteiger partial charge in [0, 0.05) is 19.0 Å². The first-order valence-electron chi connectivity index (χ1n) is 5.62. The number of nitrogens with two attached hydrogens (primary N) is 1. The van der Waals surface area contributed by atoms with Crippen molar-refractivity contribution >= 4 is 5.91 Å². The summed E-state index contributed by atoms with van der Waals surface area (Å²) in [5, 5.41) is 9.21. The number of morpholine rings is 1. The molecule has 0 saturated carbocycles. The molecule has 16 heavy (non-hydrogen) atoms. The van der Waals surface area contributed by atoms with Crippen LogP contribution >= 0.6 is 0 Å². The fourth-order valence-corrected chi connectivity index (χ4v) is 1.98. The molecule has 2 atom stereocenters. The third-order valence-corrected chi connectivity index (χ3v) is 3.00. The third kappa shape index (κ3) is 3.71. The molecule has 0 aromatic rings. The summed E-state index contributed by atoms with van der Waals surface area (Å²) in [6.07, 6.45) is 1.15. The zero-order valence-corrected chi connectivity index (χ0v) is 9.69. The van der Waals surface area contributed by atoms with Crippen molar-refractivity contribution < 1.29 is 14.6 Å². The van der Waals surface area contributed by atoms with E-state index in [0.717, 1.165) is 13.0 Å². The van der Waals surface area contributed by atoms with Gasteiger partial charge in [0.15, 0.2) is 0 Å². The fraction of sp³-hybridized carbons (Fsp3) is 0.900. The lowest BCUT2D eigenvalue weighted by Crippen LogP contribution is -2.51. The highest BCUT2D eigenvalue weighted by Crippen LogP contribution is 2.14. The smallest absolute Gasteiger partial charge is 0.233 e. The number of amides is 1. The van der Waals surface area contributed by atoms with Crippen LogP contribution in [0.3, 0.4) is 0 Å². The largest absolute Gasteiger partial charge is 0.395 e. The molecule has 0 aromatic heterocycles. The minimum Gasteiger partial charge on any atom is -0.395 e. The van der Waals surface area contributed by atoms with E-state index in [1.165, 1.54) is 0 Å². The summed E-state index contributed by atoms with van der Waals surface area (Å²) >= 11 is 0. The van der Waals surface area contributed by atoms with Crippen LogP contribution in [0, 0.1) is 0 Å². The molecule has 1 heterocycles. The van der Waals surface area contributed by atoms with Gasteiger partial charge in [-0.3, -0.25) is 15.1 Å². The highest BCUT2D eigenvalue weighted by atomic mass is 16.5. The maximum absolute atomic E-state index is 11.0. The van der Waals surface area contributed by atoms with Gasteiger partial charge in [0.25, 0.3) is 0 Å². The van der Waals surface area contributed by atoms with Gasteiger partial charge in [-0.05, 0) is 13.3 Å². The lowest BCUT2D eigenvalue weighted by molar-refractivity contribution is -0.121. The zero-order valence-electron chi connectivity index (χ0n) is 9.69. The molecule has 1 saturated heterocycles. The number of carbonyl (C=O) groups is 1. The molecule has 94 valence electrons. The van der Waals surface area contributed by atoms with Crippen molar-refractivity contribution in [1.82, 2.24) is 10.3 Å². The topological polar surface area (TPSA) is 87.8 Å². The molecule has 6 heteroatoms. The van der Waals surface area contributed by atoms with Crippen molar-refractivity contribution in [3.05, 3.63) is 0 Å². The number of aliphatic hydroxyl groups excluding tert-OH is 1. The third-order valence-electron chi connectivity index (χ3n) is 3.00. The summed E-state index contributed by atoms with van der Waals surface area (Å²) in [7, 11) is 0. The van der Waals surface area contributed by atoms with Crippen molar-refractivity contribution in [3.63, 3.8) is 0 Å². The average molecular weight is 231 g/mol. The van der Waals surface area contributed by atoms with Crippen molar-refractivity contribution in [2.45, 2.75) is 31.8 Å². The van der Waals surface area contributed by atoms with Crippen LogP contribution in [0.5, 0.6) is 0 Å². The number of nitrogens with one attached hydrogen (secondary N) is 1. The Morgan fingerprint density at radius 2 is 2.50 bits per heavy atom. The molecule has 1 aliphatic rings. The second-order valence-corrected chi connectivity index (χ2v) is 4.10. The van der Waals surface area contributed by atoms with Gasteiger partial charge in [-0.1, -0.05) is 0 Å². The molecule has 4 N–H and O–H groups in total. The van der Waals surface area contributed by atoms with Crippen molar-refractivity contribution in [2.75, 3.05) is 26.4 Å². The Bertz CT molecular complexity index is 225. The summed E-state index contributed by atoms with van der Waals surface area (Å²) in [5.74, 6) is 4.86. The Labute approximate surface area is 95.7 Å². The maximum Gasteiger partial charge on any atom is 0.233 e. The molecule has 0 spiro atoms. The van der Waals surface area contributed by atoms with Crippen LogP contribution in [0.1, 0.15) is 19.8 Å². The highest BCUT2D eigenvalue weighted by Gasteiger charge is 2.26. The van der Waals surface area contributed by atoms with Crippen LogP contribution in [0.25, 0.3) is 0 Å². The van der Waals surface area contributed by atoms with E-state index in [4.69, 9.17) is 10.6 Å². The minimum absolute atomic E-state index is 0.0460.